The summed E-state index contributed by atoms with van der Waals surface area (Å²) in [5.74, 6) is -0.950. The molecule has 4 aromatic rings. The zero-order valence-electron chi connectivity index (χ0n) is 21.9. The van der Waals surface area contributed by atoms with Crippen molar-refractivity contribution in [3.8, 4) is 0 Å². The van der Waals surface area contributed by atoms with Gasteiger partial charge in [-0.2, -0.15) is 0 Å². The summed E-state index contributed by atoms with van der Waals surface area (Å²) in [5, 5.41) is 16.6. The second-order valence-corrected chi connectivity index (χ2v) is 11.0. The molecule has 210 valence electrons. The number of pyridine rings is 2. The first kappa shape index (κ1) is 27.2. The number of halogens is 3. The number of nitrogens with one attached hydrogen (secondary N) is 1. The van der Waals surface area contributed by atoms with Crippen molar-refractivity contribution in [1.29, 1.82) is 0 Å². The van der Waals surface area contributed by atoms with Crippen LogP contribution in [0.5, 0.6) is 0 Å². The lowest BCUT2D eigenvalue weighted by molar-refractivity contribution is -0.132. The molecular weight excluding hydrogens is 550 g/mol. The first-order valence-corrected chi connectivity index (χ1v) is 13.9. The Balaban J connectivity index is 1.18. The second kappa shape index (κ2) is 10.8. The predicted octanol–water partition coefficient (Wildman–Crippen LogP) is 5.79. The fraction of sp³-hybridized carbons (Fsp3) is 0.290. The first-order chi connectivity index (χ1) is 19.8. The molecule has 0 radical (unpaired) electrons. The lowest BCUT2D eigenvalue weighted by atomic mass is 9.85. The Morgan fingerprint density at radius 1 is 1.07 bits per heavy atom. The van der Waals surface area contributed by atoms with Gasteiger partial charge in [-0.25, -0.2) is 8.78 Å². The molecular formula is C31H27ClF2N4O3. The highest BCUT2D eigenvalue weighted by Crippen LogP contribution is 2.46. The highest BCUT2D eigenvalue weighted by atomic mass is 35.5. The van der Waals surface area contributed by atoms with Crippen LogP contribution in [-0.4, -0.2) is 39.5 Å². The highest BCUT2D eigenvalue weighted by Gasteiger charge is 2.53. The number of nitrogens with zero attached hydrogens (tertiary/aromatic N) is 3. The molecule has 3 heterocycles. The number of aromatic nitrogens is 2. The molecule has 41 heavy (non-hydrogen) atoms. The van der Waals surface area contributed by atoms with Crippen LogP contribution >= 0.6 is 11.6 Å². The molecule has 6 rings (SSSR count). The van der Waals surface area contributed by atoms with Crippen LogP contribution in [-0.2, 0) is 10.4 Å². The standard InChI is InChI=1S/C31H27ClF2N4O3/c32-20-15-23(26(28(33)34)36-16-20)29(39)37-21-11-9-18(10-12-21)17-38-25-8-4-3-7-24(25)31(41,30(38)40)27-22-6-2-1-5-19(22)13-14-35-27/h1-8,13-16,18,21,28,41H,9-12,17H2,(H,37,39). The fourth-order valence-electron chi connectivity index (χ4n) is 6.07. The first-order valence-electron chi connectivity index (χ1n) is 13.5. The molecule has 0 saturated heterocycles. The summed E-state index contributed by atoms with van der Waals surface area (Å²) in [6.07, 6.45) is 2.45. The summed E-state index contributed by atoms with van der Waals surface area (Å²) in [5.41, 5.74) is -1.29. The molecule has 2 aromatic carbocycles. The third-order valence-electron chi connectivity index (χ3n) is 8.11. The number of hydrogen-bond acceptors (Lipinski definition) is 5. The van der Waals surface area contributed by atoms with E-state index in [0.717, 1.165) is 11.6 Å². The number of carbonyl (C=O) groups excluding carboxylic acids is 2. The molecule has 2 N–H and O–H groups in total. The molecule has 1 aliphatic heterocycles. The molecule has 0 bridgehead atoms. The monoisotopic (exact) mass is 576 g/mol. The van der Waals surface area contributed by atoms with E-state index in [-0.39, 0.29) is 22.5 Å². The molecule has 1 unspecified atom stereocenters. The maximum absolute atomic E-state index is 14.0. The van der Waals surface area contributed by atoms with Crippen LogP contribution in [0, 0.1) is 5.92 Å². The molecule has 1 atom stereocenters. The van der Waals surface area contributed by atoms with Crippen molar-refractivity contribution in [3.63, 3.8) is 0 Å². The zero-order chi connectivity index (χ0) is 28.7. The Kier molecular flexibility index (Phi) is 7.17. The SMILES string of the molecule is O=C(NC1CCC(CN2C(=O)C(O)(c3nccc4ccccc34)c3ccccc32)CC1)c1cc(Cl)cnc1C(F)F. The number of benzene rings is 2. The smallest absolute Gasteiger partial charge is 0.281 e. The Morgan fingerprint density at radius 2 is 1.80 bits per heavy atom. The highest BCUT2D eigenvalue weighted by molar-refractivity contribution is 6.30. The lowest BCUT2D eigenvalue weighted by Gasteiger charge is -2.32. The van der Waals surface area contributed by atoms with Crippen molar-refractivity contribution < 1.29 is 23.5 Å². The number of para-hydroxylation sites is 1. The zero-order valence-corrected chi connectivity index (χ0v) is 22.7. The summed E-state index contributed by atoms with van der Waals surface area (Å²) >= 11 is 5.90. The number of amides is 2. The van der Waals surface area contributed by atoms with Crippen LogP contribution in [0.3, 0.4) is 0 Å². The Labute approximate surface area is 240 Å². The van der Waals surface area contributed by atoms with Gasteiger partial charge in [-0.15, -0.1) is 0 Å². The number of alkyl halides is 2. The largest absolute Gasteiger partial charge is 0.370 e. The van der Waals surface area contributed by atoms with E-state index in [1.54, 1.807) is 23.2 Å². The molecule has 7 nitrogen and oxygen atoms in total. The van der Waals surface area contributed by atoms with E-state index < -0.39 is 29.5 Å². The third-order valence-corrected chi connectivity index (χ3v) is 8.32. The van der Waals surface area contributed by atoms with E-state index in [4.69, 9.17) is 11.6 Å². The van der Waals surface area contributed by atoms with Crippen molar-refractivity contribution in [2.24, 2.45) is 5.92 Å². The van der Waals surface area contributed by atoms with Crippen molar-refractivity contribution in [1.82, 2.24) is 15.3 Å². The molecule has 10 heteroatoms. The normalized spacial score (nSPS) is 22.3. The van der Waals surface area contributed by atoms with Gasteiger partial charge in [0.2, 0.25) is 5.60 Å². The van der Waals surface area contributed by atoms with Gasteiger partial charge >= 0.3 is 0 Å². The van der Waals surface area contributed by atoms with E-state index in [9.17, 15) is 23.5 Å². The van der Waals surface area contributed by atoms with Gasteiger partial charge in [-0.3, -0.25) is 19.6 Å². The number of aliphatic hydroxyl groups is 1. The van der Waals surface area contributed by atoms with Crippen LogP contribution in [0.25, 0.3) is 10.8 Å². The number of rotatable bonds is 6. The van der Waals surface area contributed by atoms with Crippen molar-refractivity contribution in [2.45, 2.75) is 43.8 Å². The van der Waals surface area contributed by atoms with Gasteiger partial charge in [-0.1, -0.05) is 54.1 Å². The van der Waals surface area contributed by atoms with Gasteiger partial charge < -0.3 is 15.3 Å². The minimum Gasteiger partial charge on any atom is -0.370 e. The van der Waals surface area contributed by atoms with Crippen molar-refractivity contribution >= 4 is 39.9 Å². The van der Waals surface area contributed by atoms with Crippen molar-refractivity contribution in [3.05, 3.63) is 101 Å². The van der Waals surface area contributed by atoms with Gasteiger partial charge in [0.15, 0.2) is 0 Å². The summed E-state index contributed by atoms with van der Waals surface area (Å²) < 4.78 is 26.8. The van der Waals surface area contributed by atoms with Crippen LogP contribution in [0.1, 0.15) is 59.4 Å². The van der Waals surface area contributed by atoms with Gasteiger partial charge in [0.25, 0.3) is 18.2 Å². The summed E-state index contributed by atoms with van der Waals surface area (Å²) in [4.78, 5) is 36.5. The van der Waals surface area contributed by atoms with Crippen LogP contribution in [0.15, 0.2) is 73.1 Å². The van der Waals surface area contributed by atoms with E-state index in [1.165, 1.54) is 6.07 Å². The van der Waals surface area contributed by atoms with Gasteiger partial charge in [0.1, 0.15) is 5.69 Å². The summed E-state index contributed by atoms with van der Waals surface area (Å²) in [6, 6.07) is 17.6. The number of hydrogen-bond donors (Lipinski definition) is 2. The van der Waals surface area contributed by atoms with Crippen LogP contribution in [0.2, 0.25) is 5.02 Å². The van der Waals surface area contributed by atoms with Gasteiger partial charge in [-0.05, 0) is 55.2 Å². The van der Waals surface area contributed by atoms with E-state index in [2.05, 4.69) is 15.3 Å². The number of fused-ring (bicyclic) bond motifs is 2. The molecule has 2 aliphatic rings. The van der Waals surface area contributed by atoms with E-state index in [0.29, 0.717) is 54.6 Å². The predicted molar refractivity (Wildman–Crippen MR) is 151 cm³/mol. The second-order valence-electron chi connectivity index (χ2n) is 10.6. The fourth-order valence-corrected chi connectivity index (χ4v) is 6.23. The lowest BCUT2D eigenvalue weighted by Crippen LogP contribution is -2.45. The summed E-state index contributed by atoms with van der Waals surface area (Å²) in [6.45, 7) is 0.400. The van der Waals surface area contributed by atoms with E-state index >= 15 is 0 Å². The van der Waals surface area contributed by atoms with Crippen LogP contribution in [0.4, 0.5) is 14.5 Å². The molecule has 1 fully saturated rings. The molecule has 1 aliphatic carbocycles. The maximum Gasteiger partial charge on any atom is 0.281 e. The van der Waals surface area contributed by atoms with Gasteiger partial charge in [0, 0.05) is 35.9 Å². The van der Waals surface area contributed by atoms with Gasteiger partial charge in [0.05, 0.1) is 22.0 Å². The molecule has 2 aromatic heterocycles. The maximum atomic E-state index is 14.0. The average molecular weight is 577 g/mol. The summed E-state index contributed by atoms with van der Waals surface area (Å²) in [7, 11) is 0. The van der Waals surface area contributed by atoms with Crippen LogP contribution < -0.4 is 10.2 Å². The van der Waals surface area contributed by atoms with Crippen molar-refractivity contribution in [2.75, 3.05) is 11.4 Å². The Hall–Kier alpha value is -3.95. The number of carbonyl (C=O) groups is 2. The minimum atomic E-state index is -2.90. The minimum absolute atomic E-state index is 0.109. The third kappa shape index (κ3) is 4.83. The Bertz CT molecular complexity index is 1640. The topological polar surface area (TPSA) is 95.4 Å². The van der Waals surface area contributed by atoms with E-state index in [1.807, 2.05) is 42.5 Å². The Morgan fingerprint density at radius 3 is 2.59 bits per heavy atom. The molecule has 2 amide bonds. The number of anilines is 1. The average Bonchev–Trinajstić information content (AvgIpc) is 3.20. The molecule has 0 spiro atoms. The molecule has 1 saturated carbocycles. The quantitative estimate of drug-likeness (QED) is 0.303.